The smallest absolute Gasteiger partial charge is 0.341 e. The summed E-state index contributed by atoms with van der Waals surface area (Å²) in [4.78, 5) is 21.0. The van der Waals surface area contributed by atoms with Gasteiger partial charge in [-0.05, 0) is 19.1 Å². The number of carbonyl (C=O) groups is 1. The third-order valence-electron chi connectivity index (χ3n) is 4.09. The molecular formula is C19H17N5O2. The minimum absolute atomic E-state index is 0.309. The lowest BCUT2D eigenvalue weighted by molar-refractivity contribution is 0.0527. The van der Waals surface area contributed by atoms with E-state index >= 15 is 0 Å². The molecule has 0 spiro atoms. The van der Waals surface area contributed by atoms with Crippen LogP contribution in [0.4, 0.5) is 5.69 Å². The summed E-state index contributed by atoms with van der Waals surface area (Å²) >= 11 is 0. The first-order valence-corrected chi connectivity index (χ1v) is 8.34. The van der Waals surface area contributed by atoms with Crippen LogP contribution < -0.4 is 5.32 Å². The quantitative estimate of drug-likeness (QED) is 0.559. The van der Waals surface area contributed by atoms with Crippen LogP contribution in [0.1, 0.15) is 23.0 Å². The molecule has 3 aromatic heterocycles. The van der Waals surface area contributed by atoms with Gasteiger partial charge >= 0.3 is 5.97 Å². The largest absolute Gasteiger partial charge is 0.462 e. The predicted octanol–water partition coefficient (Wildman–Crippen LogP) is 3.07. The van der Waals surface area contributed by atoms with Crippen molar-refractivity contribution < 1.29 is 9.53 Å². The second-order valence-corrected chi connectivity index (χ2v) is 5.68. The first kappa shape index (κ1) is 16.0. The molecule has 0 unspecified atom stereocenters. The third kappa shape index (κ3) is 2.83. The van der Waals surface area contributed by atoms with Crippen molar-refractivity contribution in [3.05, 3.63) is 66.2 Å². The number of para-hydroxylation sites is 1. The van der Waals surface area contributed by atoms with Gasteiger partial charge in [-0.1, -0.05) is 18.2 Å². The van der Waals surface area contributed by atoms with Crippen molar-refractivity contribution in [1.82, 2.24) is 19.6 Å². The Bertz CT molecular complexity index is 1090. The summed E-state index contributed by atoms with van der Waals surface area (Å²) in [6.07, 6.45) is 5.00. The molecule has 7 nitrogen and oxygen atoms in total. The molecule has 0 aliphatic rings. The first-order chi connectivity index (χ1) is 12.8. The lowest BCUT2D eigenvalue weighted by atomic mass is 10.1. The number of aromatic nitrogens is 4. The molecule has 0 bridgehead atoms. The van der Waals surface area contributed by atoms with Crippen molar-refractivity contribution in [3.8, 4) is 0 Å². The minimum atomic E-state index is -0.396. The Hall–Kier alpha value is -3.48. The summed E-state index contributed by atoms with van der Waals surface area (Å²) in [6, 6.07) is 11.4. The average molecular weight is 347 g/mol. The molecule has 0 aliphatic heterocycles. The molecule has 4 rings (SSSR count). The van der Waals surface area contributed by atoms with Gasteiger partial charge in [-0.15, -0.1) is 0 Å². The van der Waals surface area contributed by atoms with Crippen LogP contribution in [0.2, 0.25) is 0 Å². The van der Waals surface area contributed by atoms with E-state index in [1.54, 1.807) is 30.0 Å². The van der Waals surface area contributed by atoms with Gasteiger partial charge in [0.25, 0.3) is 0 Å². The van der Waals surface area contributed by atoms with Crippen molar-refractivity contribution in [2.24, 2.45) is 0 Å². The van der Waals surface area contributed by atoms with Gasteiger partial charge in [0, 0.05) is 23.8 Å². The molecule has 26 heavy (non-hydrogen) atoms. The Morgan fingerprint density at radius 3 is 2.92 bits per heavy atom. The van der Waals surface area contributed by atoms with E-state index in [1.807, 2.05) is 36.4 Å². The van der Waals surface area contributed by atoms with Gasteiger partial charge in [0.05, 0.1) is 36.2 Å². The Morgan fingerprint density at radius 2 is 2.04 bits per heavy atom. The van der Waals surface area contributed by atoms with Crippen molar-refractivity contribution in [2.75, 3.05) is 11.9 Å². The highest BCUT2D eigenvalue weighted by atomic mass is 16.5. The Morgan fingerprint density at radius 1 is 1.15 bits per heavy atom. The lowest BCUT2D eigenvalue weighted by Crippen LogP contribution is -2.12. The summed E-state index contributed by atoms with van der Waals surface area (Å²) in [5.41, 5.74) is 3.62. The van der Waals surface area contributed by atoms with Crippen molar-refractivity contribution >= 4 is 28.2 Å². The van der Waals surface area contributed by atoms with Crippen molar-refractivity contribution in [1.29, 1.82) is 0 Å². The number of rotatable bonds is 5. The van der Waals surface area contributed by atoms with Gasteiger partial charge in [0.1, 0.15) is 5.56 Å². The fourth-order valence-corrected chi connectivity index (χ4v) is 2.89. The molecule has 1 N–H and O–H groups in total. The fraction of sp³-hybridized carbons (Fsp3) is 0.158. The normalized spacial score (nSPS) is 11.0. The first-order valence-electron chi connectivity index (χ1n) is 8.34. The second kappa shape index (κ2) is 6.79. The molecule has 0 radical (unpaired) electrons. The second-order valence-electron chi connectivity index (χ2n) is 5.68. The number of pyridine rings is 1. The zero-order chi connectivity index (χ0) is 17.9. The van der Waals surface area contributed by atoms with Crippen molar-refractivity contribution in [3.63, 3.8) is 0 Å². The van der Waals surface area contributed by atoms with Crippen LogP contribution in [0.25, 0.3) is 16.6 Å². The SMILES string of the molecule is CCOC(=O)c1cnc2ccccc2c1NCc1ccnc2ccnn12. The molecule has 0 saturated heterocycles. The third-order valence-corrected chi connectivity index (χ3v) is 4.09. The molecule has 0 amide bonds. The Labute approximate surface area is 149 Å². The van der Waals surface area contributed by atoms with Gasteiger partial charge in [-0.25, -0.2) is 14.3 Å². The van der Waals surface area contributed by atoms with E-state index in [0.717, 1.165) is 22.2 Å². The van der Waals surface area contributed by atoms with Gasteiger partial charge in [-0.3, -0.25) is 4.98 Å². The molecule has 0 atom stereocenters. The van der Waals surface area contributed by atoms with E-state index < -0.39 is 5.97 Å². The summed E-state index contributed by atoms with van der Waals surface area (Å²) < 4.78 is 6.95. The zero-order valence-corrected chi connectivity index (χ0v) is 14.2. The number of ether oxygens (including phenoxy) is 1. The summed E-state index contributed by atoms with van der Waals surface area (Å²) in [5, 5.41) is 8.52. The van der Waals surface area contributed by atoms with Gasteiger partial charge in [-0.2, -0.15) is 5.10 Å². The Balaban J connectivity index is 1.75. The maximum atomic E-state index is 12.4. The standard InChI is InChI=1S/C19H17N5O2/c1-2-26-19(25)15-12-21-16-6-4-3-5-14(16)18(15)22-11-13-7-9-20-17-8-10-23-24(13)17/h3-10,12H,2,11H2,1H3,(H,21,22). The van der Waals surface area contributed by atoms with E-state index in [2.05, 4.69) is 20.4 Å². The van der Waals surface area contributed by atoms with Gasteiger partial charge in [0.2, 0.25) is 0 Å². The van der Waals surface area contributed by atoms with E-state index in [4.69, 9.17) is 4.74 Å². The number of fused-ring (bicyclic) bond motifs is 2. The highest BCUT2D eigenvalue weighted by molar-refractivity contribution is 6.04. The maximum Gasteiger partial charge on any atom is 0.341 e. The van der Waals surface area contributed by atoms with Gasteiger partial charge < -0.3 is 10.1 Å². The molecule has 130 valence electrons. The van der Waals surface area contributed by atoms with E-state index in [9.17, 15) is 4.79 Å². The van der Waals surface area contributed by atoms with Crippen molar-refractivity contribution in [2.45, 2.75) is 13.5 Å². The average Bonchev–Trinajstić information content (AvgIpc) is 3.15. The number of hydrogen-bond acceptors (Lipinski definition) is 6. The van der Waals surface area contributed by atoms with E-state index in [-0.39, 0.29) is 0 Å². The monoisotopic (exact) mass is 347 g/mol. The number of esters is 1. The summed E-state index contributed by atoms with van der Waals surface area (Å²) in [5.74, 6) is -0.396. The molecule has 0 saturated carbocycles. The van der Waals surface area contributed by atoms with Crippen LogP contribution in [0.5, 0.6) is 0 Å². The number of nitrogens with zero attached hydrogens (tertiary/aromatic N) is 4. The molecule has 0 aliphatic carbocycles. The lowest BCUT2D eigenvalue weighted by Gasteiger charge is -2.14. The molecular weight excluding hydrogens is 330 g/mol. The van der Waals surface area contributed by atoms with Crippen LogP contribution in [0, 0.1) is 0 Å². The number of carbonyl (C=O) groups excluding carboxylic acids is 1. The zero-order valence-electron chi connectivity index (χ0n) is 14.2. The molecule has 0 fully saturated rings. The highest BCUT2D eigenvalue weighted by Gasteiger charge is 2.16. The van der Waals surface area contributed by atoms with E-state index in [0.29, 0.717) is 24.4 Å². The predicted molar refractivity (Wildman–Crippen MR) is 98.0 cm³/mol. The maximum absolute atomic E-state index is 12.4. The molecule has 3 heterocycles. The molecule has 4 aromatic rings. The number of hydrogen-bond donors (Lipinski definition) is 1. The van der Waals surface area contributed by atoms with Crippen LogP contribution in [-0.2, 0) is 11.3 Å². The van der Waals surface area contributed by atoms with Gasteiger partial charge in [0.15, 0.2) is 5.65 Å². The van der Waals surface area contributed by atoms with Crippen LogP contribution in [-0.4, -0.2) is 32.2 Å². The highest BCUT2D eigenvalue weighted by Crippen LogP contribution is 2.27. The Kier molecular flexibility index (Phi) is 4.18. The van der Waals surface area contributed by atoms with Crippen LogP contribution in [0.3, 0.4) is 0 Å². The summed E-state index contributed by atoms with van der Waals surface area (Å²) in [6.45, 7) is 2.56. The van der Waals surface area contributed by atoms with Crippen LogP contribution >= 0.6 is 0 Å². The topological polar surface area (TPSA) is 81.4 Å². The number of anilines is 1. The van der Waals surface area contributed by atoms with E-state index in [1.165, 1.54) is 0 Å². The minimum Gasteiger partial charge on any atom is -0.462 e. The number of benzene rings is 1. The number of nitrogens with one attached hydrogen (secondary N) is 1. The molecule has 1 aromatic carbocycles. The van der Waals surface area contributed by atoms with Crippen LogP contribution in [0.15, 0.2) is 55.0 Å². The molecule has 7 heteroatoms. The summed E-state index contributed by atoms with van der Waals surface area (Å²) in [7, 11) is 0. The fourth-order valence-electron chi connectivity index (χ4n) is 2.89.